The van der Waals surface area contributed by atoms with Crippen molar-refractivity contribution in [2.24, 2.45) is 0 Å². The average Bonchev–Trinajstić information content (AvgIpc) is 2.93. The number of hydrogen-bond acceptors (Lipinski definition) is 1. The van der Waals surface area contributed by atoms with Crippen LogP contribution in [0.25, 0.3) is 10.9 Å². The van der Waals surface area contributed by atoms with E-state index in [-0.39, 0.29) is 6.61 Å². The van der Waals surface area contributed by atoms with Crippen LogP contribution in [0.1, 0.15) is 11.3 Å². The summed E-state index contributed by atoms with van der Waals surface area (Å²) < 4.78 is 36.6. The van der Waals surface area contributed by atoms with Gasteiger partial charge in [-0.25, -0.2) is 0 Å². The van der Waals surface area contributed by atoms with Crippen molar-refractivity contribution in [3.63, 3.8) is 0 Å². The molecule has 0 saturated carbocycles. The van der Waals surface area contributed by atoms with Crippen molar-refractivity contribution < 1.29 is 18.3 Å². The molecule has 0 aliphatic heterocycles. The lowest BCUT2D eigenvalue weighted by Gasteiger charge is -2.00. The van der Waals surface area contributed by atoms with Crippen molar-refractivity contribution in [3.05, 3.63) is 71.9 Å². The first kappa shape index (κ1) is 15.1. The Hall–Kier alpha value is -2.27. The number of aliphatic hydroxyl groups excluding tert-OH is 1. The van der Waals surface area contributed by atoms with Crippen LogP contribution >= 0.6 is 0 Å². The summed E-state index contributed by atoms with van der Waals surface area (Å²) in [4.78, 5) is 2.31. The minimum absolute atomic E-state index is 0.140. The molecule has 0 radical (unpaired) electrons. The normalized spacial score (nSPS) is 11.0. The third-order valence-electron chi connectivity index (χ3n) is 2.86. The number of nitrogens with one attached hydrogen (secondary N) is 1. The standard InChI is InChI=1S/C9H6F3N.C7H8O/c10-9(11,12)8-5-6-3-1-2-4-7(6)13-8;8-6-7-4-2-1-3-5-7/h1-5,13H;1-5,8H,6H2. The molecule has 110 valence electrons. The van der Waals surface area contributed by atoms with Gasteiger partial charge in [0.2, 0.25) is 0 Å². The highest BCUT2D eigenvalue weighted by Crippen LogP contribution is 2.30. The maximum Gasteiger partial charge on any atom is 0.431 e. The van der Waals surface area contributed by atoms with E-state index in [1.165, 1.54) is 0 Å². The zero-order valence-corrected chi connectivity index (χ0v) is 11.1. The first-order chi connectivity index (χ1) is 10.0. The van der Waals surface area contributed by atoms with E-state index in [2.05, 4.69) is 4.98 Å². The Morgan fingerprint density at radius 1 is 0.905 bits per heavy atom. The Morgan fingerprint density at radius 3 is 2.05 bits per heavy atom. The fourth-order valence-corrected chi connectivity index (χ4v) is 1.81. The topological polar surface area (TPSA) is 36.0 Å². The lowest BCUT2D eigenvalue weighted by atomic mass is 10.2. The first-order valence-electron chi connectivity index (χ1n) is 6.30. The molecule has 3 aromatic rings. The van der Waals surface area contributed by atoms with Crippen LogP contribution < -0.4 is 0 Å². The van der Waals surface area contributed by atoms with Crippen LogP contribution in [0.2, 0.25) is 0 Å². The van der Waals surface area contributed by atoms with Gasteiger partial charge in [0.25, 0.3) is 0 Å². The second kappa shape index (κ2) is 6.45. The van der Waals surface area contributed by atoms with Gasteiger partial charge in [-0.3, -0.25) is 0 Å². The quantitative estimate of drug-likeness (QED) is 0.687. The van der Waals surface area contributed by atoms with Crippen molar-refractivity contribution in [2.45, 2.75) is 12.8 Å². The fraction of sp³-hybridized carbons (Fsp3) is 0.125. The van der Waals surface area contributed by atoms with Gasteiger partial charge in [0.05, 0.1) is 6.61 Å². The second-order valence-corrected chi connectivity index (χ2v) is 4.41. The predicted molar refractivity (Wildman–Crippen MR) is 75.7 cm³/mol. The molecule has 1 heterocycles. The summed E-state index contributed by atoms with van der Waals surface area (Å²) in [5.74, 6) is 0. The summed E-state index contributed by atoms with van der Waals surface area (Å²) in [6.45, 7) is 0.140. The van der Waals surface area contributed by atoms with Crippen LogP contribution in [-0.2, 0) is 12.8 Å². The molecule has 5 heteroatoms. The molecule has 0 saturated heterocycles. The monoisotopic (exact) mass is 293 g/mol. The van der Waals surface area contributed by atoms with Gasteiger partial charge < -0.3 is 10.1 Å². The molecule has 2 N–H and O–H groups in total. The maximum atomic E-state index is 12.2. The average molecular weight is 293 g/mol. The van der Waals surface area contributed by atoms with Crippen LogP contribution in [0.3, 0.4) is 0 Å². The van der Waals surface area contributed by atoms with Gasteiger partial charge >= 0.3 is 6.18 Å². The number of H-pyrrole nitrogens is 1. The van der Waals surface area contributed by atoms with Gasteiger partial charge in [-0.1, -0.05) is 48.5 Å². The number of aromatic amines is 1. The summed E-state index contributed by atoms with van der Waals surface area (Å²) in [5.41, 5.74) is 0.774. The Morgan fingerprint density at radius 2 is 1.52 bits per heavy atom. The Balaban J connectivity index is 0.000000173. The molecule has 0 aliphatic carbocycles. The zero-order chi connectivity index (χ0) is 15.3. The SMILES string of the molecule is FC(F)(F)c1cc2ccccc2[nH]1.OCc1ccccc1. The van der Waals surface area contributed by atoms with E-state index in [1.54, 1.807) is 24.3 Å². The maximum absolute atomic E-state index is 12.2. The summed E-state index contributed by atoms with van der Waals surface area (Å²) in [7, 11) is 0. The van der Waals surface area contributed by atoms with Gasteiger partial charge in [-0.2, -0.15) is 13.2 Å². The van der Waals surface area contributed by atoms with Crippen LogP contribution in [-0.4, -0.2) is 10.1 Å². The molecule has 1 aromatic heterocycles. The lowest BCUT2D eigenvalue weighted by Crippen LogP contribution is -2.04. The molecule has 0 unspecified atom stereocenters. The van der Waals surface area contributed by atoms with Crippen molar-refractivity contribution in [3.8, 4) is 0 Å². The first-order valence-corrected chi connectivity index (χ1v) is 6.30. The van der Waals surface area contributed by atoms with Crippen LogP contribution in [0, 0.1) is 0 Å². The van der Waals surface area contributed by atoms with Crippen molar-refractivity contribution in [2.75, 3.05) is 0 Å². The number of rotatable bonds is 1. The molecule has 0 fully saturated rings. The summed E-state index contributed by atoms with van der Waals surface area (Å²) >= 11 is 0. The van der Waals surface area contributed by atoms with Crippen LogP contribution in [0.4, 0.5) is 13.2 Å². The third kappa shape index (κ3) is 4.10. The molecule has 0 aliphatic rings. The number of fused-ring (bicyclic) bond motifs is 1. The van der Waals surface area contributed by atoms with E-state index in [0.29, 0.717) is 10.9 Å². The Kier molecular flexibility index (Phi) is 4.65. The van der Waals surface area contributed by atoms with Crippen molar-refractivity contribution >= 4 is 10.9 Å². The molecule has 2 nitrogen and oxygen atoms in total. The molecule has 0 amide bonds. The molecule has 2 aromatic carbocycles. The second-order valence-electron chi connectivity index (χ2n) is 4.41. The Labute approximate surface area is 119 Å². The van der Waals surface area contributed by atoms with Gasteiger partial charge in [0.1, 0.15) is 5.69 Å². The third-order valence-corrected chi connectivity index (χ3v) is 2.86. The van der Waals surface area contributed by atoms with E-state index >= 15 is 0 Å². The van der Waals surface area contributed by atoms with E-state index in [0.717, 1.165) is 11.6 Å². The summed E-state index contributed by atoms with van der Waals surface area (Å²) in [6.07, 6.45) is -4.29. The summed E-state index contributed by atoms with van der Waals surface area (Å²) in [5, 5.41) is 9.12. The lowest BCUT2D eigenvalue weighted by molar-refractivity contribution is -0.140. The number of benzene rings is 2. The highest BCUT2D eigenvalue weighted by atomic mass is 19.4. The molecule has 21 heavy (non-hydrogen) atoms. The van der Waals surface area contributed by atoms with Gasteiger partial charge in [-0.05, 0) is 23.1 Å². The highest BCUT2D eigenvalue weighted by Gasteiger charge is 2.32. The van der Waals surface area contributed by atoms with Gasteiger partial charge in [0.15, 0.2) is 0 Å². The number of alkyl halides is 3. The number of para-hydroxylation sites is 1. The van der Waals surface area contributed by atoms with Gasteiger partial charge in [0, 0.05) is 5.52 Å². The number of halogens is 3. The van der Waals surface area contributed by atoms with Crippen LogP contribution in [0.15, 0.2) is 60.7 Å². The van der Waals surface area contributed by atoms with E-state index in [4.69, 9.17) is 5.11 Å². The fourth-order valence-electron chi connectivity index (χ4n) is 1.81. The van der Waals surface area contributed by atoms with Crippen molar-refractivity contribution in [1.82, 2.24) is 4.98 Å². The van der Waals surface area contributed by atoms with E-state index < -0.39 is 11.9 Å². The smallest absolute Gasteiger partial charge is 0.392 e. The van der Waals surface area contributed by atoms with Crippen molar-refractivity contribution in [1.29, 1.82) is 0 Å². The largest absolute Gasteiger partial charge is 0.431 e. The molecule has 0 bridgehead atoms. The highest BCUT2D eigenvalue weighted by molar-refractivity contribution is 5.80. The molecular weight excluding hydrogens is 279 g/mol. The minimum atomic E-state index is -4.29. The van der Waals surface area contributed by atoms with E-state index in [1.807, 2.05) is 30.3 Å². The summed E-state index contributed by atoms with van der Waals surface area (Å²) in [6, 6.07) is 17.3. The van der Waals surface area contributed by atoms with Crippen LogP contribution in [0.5, 0.6) is 0 Å². The minimum Gasteiger partial charge on any atom is -0.392 e. The molecule has 3 rings (SSSR count). The predicted octanol–water partition coefficient (Wildman–Crippen LogP) is 4.37. The number of hydrogen-bond donors (Lipinski definition) is 2. The molecule has 0 atom stereocenters. The zero-order valence-electron chi connectivity index (χ0n) is 11.1. The number of aliphatic hydroxyl groups is 1. The Bertz CT molecular complexity index is 656. The molecule has 0 spiro atoms. The number of aromatic nitrogens is 1. The van der Waals surface area contributed by atoms with E-state index in [9.17, 15) is 13.2 Å². The van der Waals surface area contributed by atoms with Gasteiger partial charge in [-0.15, -0.1) is 0 Å². The molecular formula is C16H14F3NO.